The van der Waals surface area contributed by atoms with Crippen LogP contribution in [-0.2, 0) is 0 Å². The van der Waals surface area contributed by atoms with E-state index in [1.54, 1.807) is 10.9 Å². The van der Waals surface area contributed by atoms with E-state index in [0.29, 0.717) is 11.5 Å². The van der Waals surface area contributed by atoms with Crippen LogP contribution in [0.15, 0.2) is 36.7 Å². The van der Waals surface area contributed by atoms with Crippen molar-refractivity contribution in [2.45, 2.75) is 32.7 Å². The topological polar surface area (TPSA) is 64.2 Å². The van der Waals surface area contributed by atoms with Gasteiger partial charge in [-0.25, -0.2) is 4.68 Å². The molecule has 23 heavy (non-hydrogen) atoms. The Labute approximate surface area is 137 Å². The number of carbonyl (C=O) groups is 1. The Balaban J connectivity index is 1.78. The smallest absolute Gasteiger partial charge is 0.257 e. The Morgan fingerprint density at radius 3 is 2.91 bits per heavy atom. The molecule has 0 aliphatic carbocycles. The van der Waals surface area contributed by atoms with Crippen molar-refractivity contribution in [2.24, 2.45) is 11.7 Å². The molecule has 1 saturated heterocycles. The van der Waals surface area contributed by atoms with Crippen molar-refractivity contribution in [1.29, 1.82) is 0 Å². The van der Waals surface area contributed by atoms with Crippen LogP contribution in [0.3, 0.4) is 0 Å². The molecule has 5 nitrogen and oxygen atoms in total. The predicted molar refractivity (Wildman–Crippen MR) is 90.6 cm³/mol. The number of para-hydroxylation sites is 1. The van der Waals surface area contributed by atoms with Crippen LogP contribution in [-0.4, -0.2) is 39.7 Å². The number of aromatic nitrogens is 2. The lowest BCUT2D eigenvalue weighted by molar-refractivity contribution is 0.0661. The molecule has 0 radical (unpaired) electrons. The molecule has 1 aromatic carbocycles. The standard InChI is InChI=1S/C18H24N4O/c1-13-6-3-4-8-17(13)22-12-16(10-20-22)18(23)21-9-5-7-15(11-21)14(2)19/h3-4,6,8,10,12,14-15H,5,7,9,11,19H2,1-2H3/t14-,15+/m1/s1. The van der Waals surface area contributed by atoms with E-state index in [4.69, 9.17) is 5.73 Å². The van der Waals surface area contributed by atoms with Gasteiger partial charge in [-0.05, 0) is 44.2 Å². The summed E-state index contributed by atoms with van der Waals surface area (Å²) >= 11 is 0. The second-order valence-corrected chi connectivity index (χ2v) is 6.47. The van der Waals surface area contributed by atoms with Crippen LogP contribution in [0.4, 0.5) is 0 Å². The van der Waals surface area contributed by atoms with Gasteiger partial charge >= 0.3 is 0 Å². The molecule has 0 saturated carbocycles. The van der Waals surface area contributed by atoms with E-state index in [0.717, 1.165) is 37.2 Å². The van der Waals surface area contributed by atoms with Crippen molar-refractivity contribution < 1.29 is 4.79 Å². The second-order valence-electron chi connectivity index (χ2n) is 6.47. The third-order valence-electron chi connectivity index (χ3n) is 4.68. The van der Waals surface area contributed by atoms with Crippen LogP contribution in [0.5, 0.6) is 0 Å². The van der Waals surface area contributed by atoms with Gasteiger partial charge in [0.15, 0.2) is 0 Å². The van der Waals surface area contributed by atoms with E-state index in [2.05, 4.69) is 5.10 Å². The number of rotatable bonds is 3. The normalized spacial score (nSPS) is 19.6. The summed E-state index contributed by atoms with van der Waals surface area (Å²) in [6, 6.07) is 8.14. The summed E-state index contributed by atoms with van der Waals surface area (Å²) in [6.45, 7) is 5.61. The number of piperidine rings is 1. The molecular formula is C18H24N4O. The molecule has 1 aliphatic rings. The summed E-state index contributed by atoms with van der Waals surface area (Å²) < 4.78 is 1.77. The highest BCUT2D eigenvalue weighted by molar-refractivity contribution is 5.93. The summed E-state index contributed by atoms with van der Waals surface area (Å²) in [4.78, 5) is 14.6. The average Bonchev–Trinajstić information content (AvgIpc) is 3.04. The molecule has 1 aliphatic heterocycles. The van der Waals surface area contributed by atoms with Gasteiger partial charge in [0, 0.05) is 25.3 Å². The molecule has 2 heterocycles. The lowest BCUT2D eigenvalue weighted by atomic mass is 9.92. The first-order valence-corrected chi connectivity index (χ1v) is 8.22. The molecule has 2 aromatic rings. The van der Waals surface area contributed by atoms with Gasteiger partial charge in [0.2, 0.25) is 0 Å². The number of carbonyl (C=O) groups excluding carboxylic acids is 1. The van der Waals surface area contributed by atoms with Gasteiger partial charge in [-0.1, -0.05) is 18.2 Å². The van der Waals surface area contributed by atoms with Gasteiger partial charge in [-0.15, -0.1) is 0 Å². The summed E-state index contributed by atoms with van der Waals surface area (Å²) in [5, 5.41) is 4.36. The fourth-order valence-corrected chi connectivity index (χ4v) is 3.19. The van der Waals surface area contributed by atoms with Crippen LogP contribution in [0, 0.1) is 12.8 Å². The maximum atomic E-state index is 12.7. The largest absolute Gasteiger partial charge is 0.338 e. The fourth-order valence-electron chi connectivity index (χ4n) is 3.19. The zero-order valence-corrected chi connectivity index (χ0v) is 13.8. The number of aryl methyl sites for hydroxylation is 1. The number of hydrogen-bond acceptors (Lipinski definition) is 3. The molecule has 1 amide bonds. The van der Waals surface area contributed by atoms with E-state index in [-0.39, 0.29) is 11.9 Å². The molecule has 0 bridgehead atoms. The minimum atomic E-state index is 0.0511. The maximum Gasteiger partial charge on any atom is 0.257 e. The van der Waals surface area contributed by atoms with Crippen molar-refractivity contribution in [2.75, 3.05) is 13.1 Å². The Hall–Kier alpha value is -2.14. The highest BCUT2D eigenvalue weighted by atomic mass is 16.2. The van der Waals surface area contributed by atoms with Crippen LogP contribution in [0.25, 0.3) is 5.69 Å². The van der Waals surface area contributed by atoms with E-state index in [1.165, 1.54) is 0 Å². The summed E-state index contributed by atoms with van der Waals surface area (Å²) in [7, 11) is 0. The minimum Gasteiger partial charge on any atom is -0.338 e. The molecular weight excluding hydrogens is 288 g/mol. The van der Waals surface area contributed by atoms with Crippen molar-refractivity contribution in [3.8, 4) is 5.69 Å². The lowest BCUT2D eigenvalue weighted by Gasteiger charge is -2.34. The average molecular weight is 312 g/mol. The fraction of sp³-hybridized carbons (Fsp3) is 0.444. The van der Waals surface area contributed by atoms with Gasteiger partial charge in [0.25, 0.3) is 5.91 Å². The summed E-state index contributed by atoms with van der Waals surface area (Å²) in [5.41, 5.74) is 8.78. The number of likely N-dealkylation sites (tertiary alicyclic amines) is 1. The van der Waals surface area contributed by atoms with Gasteiger partial charge in [-0.2, -0.15) is 5.10 Å². The molecule has 3 rings (SSSR count). The van der Waals surface area contributed by atoms with Crippen molar-refractivity contribution in [1.82, 2.24) is 14.7 Å². The molecule has 5 heteroatoms. The molecule has 1 aromatic heterocycles. The summed E-state index contributed by atoms with van der Waals surface area (Å²) in [5.74, 6) is 0.439. The highest BCUT2D eigenvalue weighted by Crippen LogP contribution is 2.21. The van der Waals surface area contributed by atoms with Gasteiger partial charge < -0.3 is 10.6 Å². The number of benzene rings is 1. The number of hydrogen-bond donors (Lipinski definition) is 1. The molecule has 0 unspecified atom stereocenters. The number of nitrogens with two attached hydrogens (primary N) is 1. The lowest BCUT2D eigenvalue weighted by Crippen LogP contribution is -2.45. The summed E-state index contributed by atoms with van der Waals surface area (Å²) in [6.07, 6.45) is 5.60. The van der Waals surface area contributed by atoms with Crippen molar-refractivity contribution >= 4 is 5.91 Å². The van der Waals surface area contributed by atoms with E-state index < -0.39 is 0 Å². The molecule has 122 valence electrons. The van der Waals surface area contributed by atoms with Crippen LogP contribution >= 0.6 is 0 Å². The van der Waals surface area contributed by atoms with Crippen LogP contribution in [0.2, 0.25) is 0 Å². The number of amides is 1. The van der Waals surface area contributed by atoms with E-state index >= 15 is 0 Å². The van der Waals surface area contributed by atoms with Gasteiger partial charge in [-0.3, -0.25) is 4.79 Å². The Kier molecular flexibility index (Phi) is 4.48. The molecule has 0 spiro atoms. The first-order valence-electron chi connectivity index (χ1n) is 8.22. The zero-order chi connectivity index (χ0) is 16.4. The molecule has 2 N–H and O–H groups in total. The first kappa shape index (κ1) is 15.7. The van der Waals surface area contributed by atoms with Crippen molar-refractivity contribution in [3.05, 3.63) is 47.8 Å². The molecule has 2 atom stereocenters. The number of nitrogens with zero attached hydrogens (tertiary/aromatic N) is 3. The maximum absolute atomic E-state index is 12.7. The highest BCUT2D eigenvalue weighted by Gasteiger charge is 2.27. The van der Waals surface area contributed by atoms with Crippen molar-refractivity contribution in [3.63, 3.8) is 0 Å². The predicted octanol–water partition coefficient (Wildman–Crippen LogP) is 2.38. The zero-order valence-electron chi connectivity index (χ0n) is 13.8. The van der Waals surface area contributed by atoms with E-state index in [9.17, 15) is 4.79 Å². The van der Waals surface area contributed by atoms with Crippen LogP contribution in [0.1, 0.15) is 35.7 Å². The molecule has 1 fully saturated rings. The van der Waals surface area contributed by atoms with Gasteiger partial charge in [0.05, 0.1) is 17.4 Å². The minimum absolute atomic E-state index is 0.0511. The van der Waals surface area contributed by atoms with Gasteiger partial charge in [0.1, 0.15) is 0 Å². The third-order valence-corrected chi connectivity index (χ3v) is 4.68. The quantitative estimate of drug-likeness (QED) is 0.946. The Morgan fingerprint density at radius 2 is 2.17 bits per heavy atom. The van der Waals surface area contributed by atoms with Crippen LogP contribution < -0.4 is 5.73 Å². The Morgan fingerprint density at radius 1 is 1.39 bits per heavy atom. The Bertz CT molecular complexity index is 692. The third kappa shape index (κ3) is 3.29. The second kappa shape index (κ2) is 6.54. The SMILES string of the molecule is Cc1ccccc1-n1cc(C(=O)N2CCC[C@H]([C@@H](C)N)C2)cn1. The first-order chi connectivity index (χ1) is 11.1. The monoisotopic (exact) mass is 312 g/mol. The van der Waals surface area contributed by atoms with E-state index in [1.807, 2.05) is 49.2 Å².